The van der Waals surface area contributed by atoms with Crippen molar-refractivity contribution in [3.8, 4) is 0 Å². The number of carbonyl (C=O) groups is 1. The van der Waals surface area contributed by atoms with Gasteiger partial charge in [0.1, 0.15) is 28.2 Å². The topological polar surface area (TPSA) is 57.7 Å². The Morgan fingerprint density at radius 1 is 1.00 bits per heavy atom. The van der Waals surface area contributed by atoms with Gasteiger partial charge in [-0.1, -0.05) is 6.07 Å². The first kappa shape index (κ1) is 22.2. The van der Waals surface area contributed by atoms with E-state index >= 15 is 0 Å². The van der Waals surface area contributed by atoms with Gasteiger partial charge in [-0.05, 0) is 37.1 Å². The molecule has 2 aromatic rings. The number of hydrogen-bond donors (Lipinski definition) is 0. The molecule has 0 saturated carbocycles. The fraction of sp³-hybridized carbons (Fsp3) is 0.350. The molecule has 1 heterocycles. The summed E-state index contributed by atoms with van der Waals surface area (Å²) in [5.41, 5.74) is 0.161. The van der Waals surface area contributed by atoms with E-state index in [2.05, 4.69) is 0 Å². The van der Waals surface area contributed by atoms with Crippen LogP contribution in [0.4, 0.5) is 17.6 Å². The summed E-state index contributed by atoms with van der Waals surface area (Å²) in [5.74, 6) is -4.18. The number of rotatable bonds is 5. The van der Waals surface area contributed by atoms with E-state index in [1.807, 2.05) is 0 Å². The summed E-state index contributed by atoms with van der Waals surface area (Å²) in [6.07, 6.45) is 0.372. The van der Waals surface area contributed by atoms with E-state index in [1.165, 1.54) is 18.0 Å². The van der Waals surface area contributed by atoms with Gasteiger partial charge in [0.15, 0.2) is 0 Å². The van der Waals surface area contributed by atoms with Gasteiger partial charge in [-0.25, -0.2) is 26.0 Å². The first-order valence-electron chi connectivity index (χ1n) is 9.23. The predicted molar refractivity (Wildman–Crippen MR) is 101 cm³/mol. The molecule has 0 bridgehead atoms. The molecule has 0 aromatic heterocycles. The van der Waals surface area contributed by atoms with E-state index in [4.69, 9.17) is 0 Å². The van der Waals surface area contributed by atoms with Crippen molar-refractivity contribution in [1.29, 1.82) is 0 Å². The number of nitrogens with zero attached hydrogens (tertiary/aromatic N) is 2. The molecule has 0 unspecified atom stereocenters. The van der Waals surface area contributed by atoms with Crippen molar-refractivity contribution in [3.05, 3.63) is 65.2 Å². The van der Waals surface area contributed by atoms with Gasteiger partial charge in [0.2, 0.25) is 15.9 Å². The molecular weight excluding hydrogens is 424 g/mol. The fourth-order valence-electron chi connectivity index (χ4n) is 3.45. The second-order valence-electron chi connectivity index (χ2n) is 7.18. The second kappa shape index (κ2) is 8.73. The Bertz CT molecular complexity index is 1050. The van der Waals surface area contributed by atoms with Gasteiger partial charge in [0, 0.05) is 44.2 Å². The Balaban J connectivity index is 1.64. The van der Waals surface area contributed by atoms with Crippen molar-refractivity contribution in [2.75, 3.05) is 20.1 Å². The number of benzene rings is 2. The normalized spacial score (nSPS) is 15.9. The lowest BCUT2D eigenvalue weighted by atomic mass is 9.96. The first-order valence-corrected chi connectivity index (χ1v) is 10.7. The van der Waals surface area contributed by atoms with Crippen LogP contribution in [-0.4, -0.2) is 43.7 Å². The van der Waals surface area contributed by atoms with Crippen molar-refractivity contribution in [2.24, 2.45) is 5.92 Å². The van der Waals surface area contributed by atoms with Gasteiger partial charge in [-0.3, -0.25) is 4.79 Å². The molecule has 1 aliphatic heterocycles. The predicted octanol–water partition coefficient (Wildman–Crippen LogP) is 3.30. The lowest BCUT2D eigenvalue weighted by molar-refractivity contribution is -0.136. The van der Waals surface area contributed by atoms with E-state index in [1.54, 1.807) is 0 Å². The Morgan fingerprint density at radius 2 is 1.60 bits per heavy atom. The molecule has 162 valence electrons. The summed E-state index contributed by atoms with van der Waals surface area (Å²) in [6, 6.07) is 5.32. The molecule has 0 radical (unpaired) electrons. The van der Waals surface area contributed by atoms with Gasteiger partial charge in [-0.15, -0.1) is 0 Å². The number of hydrogen-bond acceptors (Lipinski definition) is 3. The van der Waals surface area contributed by atoms with Gasteiger partial charge in [0.05, 0.1) is 0 Å². The summed E-state index contributed by atoms with van der Waals surface area (Å²) < 4.78 is 80.4. The van der Waals surface area contributed by atoms with E-state index < -0.39 is 44.1 Å². The molecule has 2 aromatic carbocycles. The molecule has 0 aliphatic carbocycles. The molecule has 0 atom stereocenters. The minimum absolute atomic E-state index is 0.0343. The zero-order chi connectivity index (χ0) is 22.1. The third-order valence-electron chi connectivity index (χ3n) is 5.11. The highest BCUT2D eigenvalue weighted by molar-refractivity contribution is 7.89. The molecule has 10 heteroatoms. The highest BCUT2D eigenvalue weighted by atomic mass is 32.2. The molecule has 3 rings (SSSR count). The second-order valence-corrected chi connectivity index (χ2v) is 9.09. The van der Waals surface area contributed by atoms with E-state index in [0.717, 1.165) is 28.6 Å². The van der Waals surface area contributed by atoms with Crippen molar-refractivity contribution in [1.82, 2.24) is 9.21 Å². The Hall–Kier alpha value is -2.46. The molecule has 30 heavy (non-hydrogen) atoms. The van der Waals surface area contributed by atoms with E-state index in [-0.39, 0.29) is 43.9 Å². The van der Waals surface area contributed by atoms with Crippen LogP contribution in [0.1, 0.15) is 18.4 Å². The van der Waals surface area contributed by atoms with E-state index in [9.17, 15) is 30.8 Å². The van der Waals surface area contributed by atoms with Crippen LogP contribution in [0.15, 0.2) is 41.3 Å². The SMILES string of the molecule is CN(Cc1ccc(F)cc1F)C(=O)C1CCN(S(=O)(=O)c2cc(F)ccc2F)CC1. The van der Waals surface area contributed by atoms with Crippen LogP contribution in [0.5, 0.6) is 0 Å². The highest BCUT2D eigenvalue weighted by Gasteiger charge is 2.34. The van der Waals surface area contributed by atoms with E-state index in [0.29, 0.717) is 6.07 Å². The summed E-state index contributed by atoms with van der Waals surface area (Å²) in [6.45, 7) is -0.126. The molecule has 5 nitrogen and oxygen atoms in total. The minimum atomic E-state index is -4.23. The third kappa shape index (κ3) is 4.65. The molecule has 1 aliphatic rings. The average molecular weight is 444 g/mol. The van der Waals surface area contributed by atoms with Crippen molar-refractivity contribution in [2.45, 2.75) is 24.3 Å². The number of sulfonamides is 1. The quantitative estimate of drug-likeness (QED) is 0.665. The lowest BCUT2D eigenvalue weighted by Gasteiger charge is -2.32. The summed E-state index contributed by atoms with van der Waals surface area (Å²) in [4.78, 5) is 13.2. The maximum absolute atomic E-state index is 13.9. The Kier molecular flexibility index (Phi) is 6.47. The zero-order valence-corrected chi connectivity index (χ0v) is 16.9. The summed E-state index contributed by atoms with van der Waals surface area (Å²) >= 11 is 0. The highest BCUT2D eigenvalue weighted by Crippen LogP contribution is 2.27. The number of piperidine rings is 1. The number of amides is 1. The molecule has 1 saturated heterocycles. The number of carbonyl (C=O) groups excluding carboxylic acids is 1. The molecular formula is C20H20F4N2O3S. The summed E-state index contributed by atoms with van der Waals surface area (Å²) in [7, 11) is -2.75. The van der Waals surface area contributed by atoms with Crippen LogP contribution in [0, 0.1) is 29.2 Å². The zero-order valence-electron chi connectivity index (χ0n) is 16.1. The Labute approximate surface area is 172 Å². The van der Waals surface area contributed by atoms with Crippen molar-refractivity contribution in [3.63, 3.8) is 0 Å². The van der Waals surface area contributed by atoms with Crippen LogP contribution in [0.2, 0.25) is 0 Å². The smallest absolute Gasteiger partial charge is 0.246 e. The largest absolute Gasteiger partial charge is 0.341 e. The standard InChI is InChI=1S/C20H20F4N2O3S/c1-25(12-14-2-3-15(21)10-18(14)24)20(27)13-6-8-26(9-7-13)30(28,29)19-11-16(22)4-5-17(19)23/h2-5,10-11,13H,6-9,12H2,1H3. The lowest BCUT2D eigenvalue weighted by Crippen LogP contribution is -2.43. The van der Waals surface area contributed by atoms with Gasteiger partial charge < -0.3 is 4.90 Å². The van der Waals surface area contributed by atoms with Gasteiger partial charge in [0.25, 0.3) is 0 Å². The van der Waals surface area contributed by atoms with Crippen LogP contribution >= 0.6 is 0 Å². The molecule has 0 N–H and O–H groups in total. The fourth-order valence-corrected chi connectivity index (χ4v) is 5.00. The molecule has 1 amide bonds. The van der Waals surface area contributed by atoms with Gasteiger partial charge in [-0.2, -0.15) is 4.31 Å². The third-order valence-corrected chi connectivity index (χ3v) is 7.03. The van der Waals surface area contributed by atoms with Crippen LogP contribution in [-0.2, 0) is 21.4 Å². The van der Waals surface area contributed by atoms with Crippen molar-refractivity contribution >= 4 is 15.9 Å². The maximum Gasteiger partial charge on any atom is 0.246 e. The maximum atomic E-state index is 13.9. The van der Waals surface area contributed by atoms with Crippen LogP contribution in [0.25, 0.3) is 0 Å². The minimum Gasteiger partial charge on any atom is -0.341 e. The van der Waals surface area contributed by atoms with Crippen LogP contribution < -0.4 is 0 Å². The number of halogens is 4. The molecule has 0 spiro atoms. The first-order chi connectivity index (χ1) is 14.1. The van der Waals surface area contributed by atoms with Gasteiger partial charge >= 0.3 is 0 Å². The van der Waals surface area contributed by atoms with Crippen molar-refractivity contribution < 1.29 is 30.8 Å². The Morgan fingerprint density at radius 3 is 2.23 bits per heavy atom. The van der Waals surface area contributed by atoms with Crippen LogP contribution in [0.3, 0.4) is 0 Å². The average Bonchev–Trinajstić information content (AvgIpc) is 2.71. The monoisotopic (exact) mass is 444 g/mol. The molecule has 1 fully saturated rings. The summed E-state index contributed by atoms with van der Waals surface area (Å²) in [5, 5.41) is 0.